The quantitative estimate of drug-likeness (QED) is 0.673. The van der Waals surface area contributed by atoms with E-state index < -0.39 is 0 Å². The molecule has 2 aromatic heterocycles. The molecule has 0 unspecified atom stereocenters. The van der Waals surface area contributed by atoms with Crippen LogP contribution >= 0.6 is 0 Å². The van der Waals surface area contributed by atoms with Gasteiger partial charge in [0.05, 0.1) is 10.6 Å². The molecule has 0 aliphatic heterocycles. The molecule has 0 saturated carbocycles. The molecule has 4 heteroatoms. The Hall–Kier alpha value is -2.75. The van der Waals surface area contributed by atoms with Gasteiger partial charge in [0.15, 0.2) is 0 Å². The van der Waals surface area contributed by atoms with Crippen molar-refractivity contribution in [3.8, 4) is 0 Å². The zero-order valence-corrected chi connectivity index (χ0v) is 12.7. The fourth-order valence-electron chi connectivity index (χ4n) is 2.56. The number of aromatic amines is 3. The van der Waals surface area contributed by atoms with E-state index >= 15 is 0 Å². The van der Waals surface area contributed by atoms with Crippen LogP contribution in [0.15, 0.2) is 41.2 Å². The molecule has 0 saturated heterocycles. The molecule has 22 heavy (non-hydrogen) atoms. The molecule has 0 atom stereocenters. The number of hydrogen-bond donors (Lipinski definition) is 3. The molecule has 3 rings (SSSR count). The van der Waals surface area contributed by atoms with Gasteiger partial charge in [0.1, 0.15) is 0 Å². The molecule has 1 aromatic carbocycles. The van der Waals surface area contributed by atoms with Crippen molar-refractivity contribution in [2.45, 2.75) is 20.3 Å². The summed E-state index contributed by atoms with van der Waals surface area (Å²) in [5.41, 5.74) is 4.29. The monoisotopic (exact) mass is 293 g/mol. The van der Waals surface area contributed by atoms with E-state index in [0.717, 1.165) is 28.7 Å². The van der Waals surface area contributed by atoms with Crippen LogP contribution in [0.1, 0.15) is 22.5 Å². The van der Waals surface area contributed by atoms with Crippen molar-refractivity contribution in [1.82, 2.24) is 15.2 Å². The second kappa shape index (κ2) is 5.93. The largest absolute Gasteiger partial charge is 0.359 e. The summed E-state index contributed by atoms with van der Waals surface area (Å²) < 4.78 is 0. The maximum atomic E-state index is 12.0. The average molecular weight is 293 g/mol. The van der Waals surface area contributed by atoms with Gasteiger partial charge in [-0.1, -0.05) is 36.4 Å². The molecule has 2 heterocycles. The van der Waals surface area contributed by atoms with Crippen LogP contribution < -0.4 is 16.1 Å². The highest BCUT2D eigenvalue weighted by molar-refractivity contribution is 5.51. The molecule has 112 valence electrons. The molecule has 3 N–H and O–H groups in total. The smallest absolute Gasteiger partial charge is 0.271 e. The molecule has 0 aliphatic rings. The fourth-order valence-corrected chi connectivity index (χ4v) is 2.56. The van der Waals surface area contributed by atoms with Crippen LogP contribution in [0.2, 0.25) is 0 Å². The third-order valence-electron chi connectivity index (χ3n) is 3.71. The van der Waals surface area contributed by atoms with Crippen LogP contribution in [-0.2, 0) is 6.42 Å². The molecular formula is C18H19N3O. The third-order valence-corrected chi connectivity index (χ3v) is 3.71. The Bertz CT molecular complexity index is 942. The molecule has 3 aromatic rings. The van der Waals surface area contributed by atoms with Gasteiger partial charge in [-0.05, 0) is 43.5 Å². The Morgan fingerprint density at radius 3 is 2.55 bits per heavy atom. The molecule has 0 radical (unpaired) electrons. The van der Waals surface area contributed by atoms with E-state index in [1.165, 1.54) is 5.56 Å². The number of aromatic nitrogens is 3. The molecule has 4 nitrogen and oxygen atoms in total. The summed E-state index contributed by atoms with van der Waals surface area (Å²) in [5.74, 6) is 0. The topological polar surface area (TPSA) is 64.4 Å². The first-order chi connectivity index (χ1) is 10.6. The van der Waals surface area contributed by atoms with Crippen molar-refractivity contribution in [1.29, 1.82) is 0 Å². The van der Waals surface area contributed by atoms with Crippen LogP contribution in [0.3, 0.4) is 0 Å². The zero-order chi connectivity index (χ0) is 15.5. The predicted octanol–water partition coefficient (Wildman–Crippen LogP) is 1.50. The lowest BCUT2D eigenvalue weighted by atomic mass is 10.1. The van der Waals surface area contributed by atoms with Gasteiger partial charge in [0.25, 0.3) is 5.56 Å². The summed E-state index contributed by atoms with van der Waals surface area (Å²) in [5, 5.41) is 7.09. The second-order valence-electron chi connectivity index (χ2n) is 5.49. The van der Waals surface area contributed by atoms with Gasteiger partial charge in [0, 0.05) is 11.4 Å². The van der Waals surface area contributed by atoms with E-state index in [0.29, 0.717) is 5.22 Å². The van der Waals surface area contributed by atoms with Gasteiger partial charge in [0.2, 0.25) is 0 Å². The Morgan fingerprint density at radius 1 is 1.09 bits per heavy atom. The maximum absolute atomic E-state index is 12.0. The lowest BCUT2D eigenvalue weighted by Crippen LogP contribution is -2.33. The van der Waals surface area contributed by atoms with Gasteiger partial charge < -0.3 is 4.98 Å². The van der Waals surface area contributed by atoms with Gasteiger partial charge in [-0.25, -0.2) is 0 Å². The highest BCUT2D eigenvalue weighted by atomic mass is 16.1. The molecule has 0 spiro atoms. The van der Waals surface area contributed by atoms with Crippen molar-refractivity contribution in [3.63, 3.8) is 0 Å². The minimum atomic E-state index is -0.106. The van der Waals surface area contributed by atoms with Crippen LogP contribution in [0.25, 0.3) is 12.2 Å². The highest BCUT2D eigenvalue weighted by Crippen LogP contribution is 2.08. The standard InChI is InChI=1S/C18H19N3O/c1-12-10-13(2)19-17(12)11-15-16(20-21-18(15)22)9-8-14-6-4-3-5-7-14/h3-7,9-11,19-20H,8H2,1-2H3,(H,21,22). The first kappa shape index (κ1) is 14.2. The summed E-state index contributed by atoms with van der Waals surface area (Å²) in [7, 11) is 0. The lowest BCUT2D eigenvalue weighted by Gasteiger charge is -1.93. The van der Waals surface area contributed by atoms with Crippen LogP contribution in [0, 0.1) is 13.8 Å². The average Bonchev–Trinajstić information content (AvgIpc) is 3.02. The van der Waals surface area contributed by atoms with E-state index in [4.69, 9.17) is 0 Å². The van der Waals surface area contributed by atoms with E-state index in [9.17, 15) is 4.79 Å². The van der Waals surface area contributed by atoms with Crippen molar-refractivity contribution >= 4 is 12.2 Å². The SMILES string of the molecule is Cc1cc(C)c(C=c2c(=O)[nH][nH]c2=CCc2ccccc2)[nH]1. The van der Waals surface area contributed by atoms with Gasteiger partial charge in [-0.3, -0.25) is 15.0 Å². The Labute approximate surface area is 128 Å². The fraction of sp³-hybridized carbons (Fsp3) is 0.167. The number of benzene rings is 1. The summed E-state index contributed by atoms with van der Waals surface area (Å²) in [6.07, 6.45) is 4.71. The Balaban J connectivity index is 2.05. The summed E-state index contributed by atoms with van der Waals surface area (Å²) in [6, 6.07) is 12.2. The highest BCUT2D eigenvalue weighted by Gasteiger charge is 2.01. The number of rotatable bonds is 3. The minimum Gasteiger partial charge on any atom is -0.359 e. The molecule has 0 aliphatic carbocycles. The van der Waals surface area contributed by atoms with E-state index in [-0.39, 0.29) is 5.56 Å². The van der Waals surface area contributed by atoms with Crippen LogP contribution in [0.5, 0.6) is 0 Å². The number of H-pyrrole nitrogens is 3. The van der Waals surface area contributed by atoms with Crippen molar-refractivity contribution < 1.29 is 0 Å². The van der Waals surface area contributed by atoms with Crippen molar-refractivity contribution in [2.24, 2.45) is 0 Å². The number of nitrogens with one attached hydrogen (secondary N) is 3. The zero-order valence-electron chi connectivity index (χ0n) is 12.7. The van der Waals surface area contributed by atoms with E-state index in [2.05, 4.69) is 33.4 Å². The summed E-state index contributed by atoms with van der Waals surface area (Å²) >= 11 is 0. The summed E-state index contributed by atoms with van der Waals surface area (Å²) in [6.45, 7) is 4.04. The molecular weight excluding hydrogens is 274 g/mol. The minimum absolute atomic E-state index is 0.106. The first-order valence-corrected chi connectivity index (χ1v) is 7.32. The summed E-state index contributed by atoms with van der Waals surface area (Å²) in [4.78, 5) is 15.3. The molecule has 0 fully saturated rings. The van der Waals surface area contributed by atoms with Crippen molar-refractivity contribution in [3.05, 3.63) is 79.8 Å². The Morgan fingerprint density at radius 2 is 1.86 bits per heavy atom. The van der Waals surface area contributed by atoms with Gasteiger partial charge in [-0.2, -0.15) is 0 Å². The van der Waals surface area contributed by atoms with Crippen LogP contribution in [0.4, 0.5) is 0 Å². The maximum Gasteiger partial charge on any atom is 0.271 e. The molecule has 0 amide bonds. The van der Waals surface area contributed by atoms with E-state index in [1.807, 2.05) is 44.2 Å². The van der Waals surface area contributed by atoms with Crippen LogP contribution in [-0.4, -0.2) is 15.2 Å². The first-order valence-electron chi connectivity index (χ1n) is 7.32. The third kappa shape index (κ3) is 2.96. The second-order valence-corrected chi connectivity index (χ2v) is 5.49. The van der Waals surface area contributed by atoms with Crippen molar-refractivity contribution in [2.75, 3.05) is 0 Å². The molecule has 0 bridgehead atoms. The number of aryl methyl sites for hydroxylation is 2. The normalized spacial score (nSPS) is 13.0. The predicted molar refractivity (Wildman–Crippen MR) is 89.1 cm³/mol. The van der Waals surface area contributed by atoms with E-state index in [1.54, 1.807) is 0 Å². The lowest BCUT2D eigenvalue weighted by molar-refractivity contribution is 1.03. The number of hydrogen-bond acceptors (Lipinski definition) is 1. The van der Waals surface area contributed by atoms with Gasteiger partial charge in [-0.15, -0.1) is 0 Å². The Kier molecular flexibility index (Phi) is 3.83. The van der Waals surface area contributed by atoms with Gasteiger partial charge >= 0.3 is 0 Å².